The van der Waals surface area contributed by atoms with Crippen molar-refractivity contribution in [2.45, 2.75) is 13.3 Å². The lowest BCUT2D eigenvalue weighted by Crippen LogP contribution is -2.12. The van der Waals surface area contributed by atoms with E-state index in [0.717, 1.165) is 0 Å². The highest BCUT2D eigenvalue weighted by atomic mass is 35.5. The van der Waals surface area contributed by atoms with Crippen LogP contribution in [0.5, 0.6) is 5.75 Å². The van der Waals surface area contributed by atoms with Gasteiger partial charge in [-0.3, -0.25) is 4.79 Å². The van der Waals surface area contributed by atoms with Crippen molar-refractivity contribution in [3.8, 4) is 5.75 Å². The Hall–Kier alpha value is -1.55. The van der Waals surface area contributed by atoms with Crippen molar-refractivity contribution in [2.75, 3.05) is 19.6 Å². The van der Waals surface area contributed by atoms with Gasteiger partial charge in [-0.05, 0) is 25.1 Å². The lowest BCUT2D eigenvalue weighted by molar-refractivity contribution is 0.0523. The summed E-state index contributed by atoms with van der Waals surface area (Å²) in [6.45, 7) is 1.97. The number of rotatable bonds is 6. The van der Waals surface area contributed by atoms with Gasteiger partial charge in [0.25, 0.3) is 0 Å². The average Bonchev–Trinajstić information content (AvgIpc) is 2.38. The summed E-state index contributed by atoms with van der Waals surface area (Å²) in [5, 5.41) is 0. The van der Waals surface area contributed by atoms with E-state index in [1.165, 1.54) is 19.2 Å². The van der Waals surface area contributed by atoms with E-state index < -0.39 is 5.97 Å². The van der Waals surface area contributed by atoms with Crippen LogP contribution in [0.2, 0.25) is 0 Å². The van der Waals surface area contributed by atoms with Crippen LogP contribution in [0.4, 0.5) is 0 Å². The third-order valence-electron chi connectivity index (χ3n) is 2.34. The van der Waals surface area contributed by atoms with E-state index in [1.54, 1.807) is 13.0 Å². The van der Waals surface area contributed by atoms with E-state index in [-0.39, 0.29) is 35.8 Å². The fourth-order valence-electron chi connectivity index (χ4n) is 1.49. The fourth-order valence-corrected chi connectivity index (χ4v) is 1.66. The standard InChI is InChI=1S/C13H15ClO4/c1-3-18-13(16)10-5-4-9(17-2)8-11(10)12(15)6-7-14/h4-5,8H,3,6-7H2,1-2H3. The highest BCUT2D eigenvalue weighted by Gasteiger charge is 2.18. The predicted octanol–water partition coefficient (Wildman–Crippen LogP) is 2.68. The summed E-state index contributed by atoms with van der Waals surface area (Å²) in [5.41, 5.74) is 0.529. The van der Waals surface area contributed by atoms with E-state index in [9.17, 15) is 9.59 Å². The number of ether oxygens (including phenoxy) is 2. The molecule has 5 heteroatoms. The van der Waals surface area contributed by atoms with Crippen molar-refractivity contribution in [2.24, 2.45) is 0 Å². The molecule has 0 amide bonds. The molecular weight excluding hydrogens is 256 g/mol. The number of ketones is 1. The third kappa shape index (κ3) is 3.47. The minimum atomic E-state index is -0.516. The minimum Gasteiger partial charge on any atom is -0.497 e. The first-order chi connectivity index (χ1) is 8.63. The summed E-state index contributed by atoms with van der Waals surface area (Å²) in [6.07, 6.45) is 0.168. The van der Waals surface area contributed by atoms with E-state index >= 15 is 0 Å². The van der Waals surface area contributed by atoms with Gasteiger partial charge in [0.05, 0.1) is 19.3 Å². The van der Waals surface area contributed by atoms with Gasteiger partial charge in [-0.2, -0.15) is 0 Å². The van der Waals surface area contributed by atoms with Crippen molar-refractivity contribution >= 4 is 23.4 Å². The van der Waals surface area contributed by atoms with Gasteiger partial charge in [0.15, 0.2) is 5.78 Å². The molecule has 0 aliphatic heterocycles. The summed E-state index contributed by atoms with van der Waals surface area (Å²) in [4.78, 5) is 23.6. The molecule has 0 saturated carbocycles. The summed E-state index contributed by atoms with van der Waals surface area (Å²) in [7, 11) is 1.50. The fraction of sp³-hybridized carbons (Fsp3) is 0.385. The topological polar surface area (TPSA) is 52.6 Å². The number of alkyl halides is 1. The number of carbonyl (C=O) groups excluding carboxylic acids is 2. The molecule has 0 heterocycles. The molecule has 0 N–H and O–H groups in total. The number of Topliss-reactive ketones (excluding diaryl/α,β-unsaturated/α-hetero) is 1. The molecule has 0 aromatic heterocycles. The first-order valence-corrected chi connectivity index (χ1v) is 6.11. The molecule has 0 atom stereocenters. The van der Waals surface area contributed by atoms with Crippen molar-refractivity contribution in [1.29, 1.82) is 0 Å². The number of esters is 1. The number of benzene rings is 1. The minimum absolute atomic E-state index is 0.168. The van der Waals surface area contributed by atoms with Crippen LogP contribution in [0.3, 0.4) is 0 Å². The first-order valence-electron chi connectivity index (χ1n) is 5.58. The molecule has 18 heavy (non-hydrogen) atoms. The molecule has 0 aliphatic carbocycles. The van der Waals surface area contributed by atoms with Crippen LogP contribution < -0.4 is 4.74 Å². The third-order valence-corrected chi connectivity index (χ3v) is 2.53. The van der Waals surface area contributed by atoms with Crippen LogP contribution in [-0.2, 0) is 4.74 Å². The van der Waals surface area contributed by atoms with Crippen molar-refractivity contribution in [3.63, 3.8) is 0 Å². The quantitative estimate of drug-likeness (QED) is 0.453. The Morgan fingerprint density at radius 2 is 2.00 bits per heavy atom. The van der Waals surface area contributed by atoms with Crippen molar-refractivity contribution in [1.82, 2.24) is 0 Å². The summed E-state index contributed by atoms with van der Waals surface area (Å²) >= 11 is 5.54. The zero-order valence-corrected chi connectivity index (χ0v) is 11.1. The van der Waals surface area contributed by atoms with Gasteiger partial charge in [-0.15, -0.1) is 11.6 Å². The molecule has 0 unspecified atom stereocenters. The second kappa shape index (κ2) is 7.01. The Morgan fingerprint density at radius 3 is 2.56 bits per heavy atom. The normalized spacial score (nSPS) is 9.94. The van der Waals surface area contributed by atoms with E-state index in [2.05, 4.69) is 0 Å². The van der Waals surface area contributed by atoms with Crippen LogP contribution in [0.1, 0.15) is 34.1 Å². The zero-order valence-electron chi connectivity index (χ0n) is 10.4. The molecule has 1 aromatic rings. The highest BCUT2D eigenvalue weighted by Crippen LogP contribution is 2.20. The van der Waals surface area contributed by atoms with Crippen molar-refractivity contribution < 1.29 is 19.1 Å². The van der Waals surface area contributed by atoms with Crippen LogP contribution in [0.25, 0.3) is 0 Å². The lowest BCUT2D eigenvalue weighted by atomic mass is 10.0. The molecule has 1 rings (SSSR count). The van der Waals surface area contributed by atoms with Gasteiger partial charge < -0.3 is 9.47 Å². The molecule has 0 spiro atoms. The Kier molecular flexibility index (Phi) is 5.65. The zero-order chi connectivity index (χ0) is 13.5. The van der Waals surface area contributed by atoms with Crippen LogP contribution >= 0.6 is 11.6 Å². The molecule has 1 aromatic carbocycles. The Balaban J connectivity index is 3.15. The second-order valence-electron chi connectivity index (χ2n) is 3.49. The Morgan fingerprint density at radius 1 is 1.28 bits per heavy atom. The molecule has 0 fully saturated rings. The maximum atomic E-state index is 11.9. The molecule has 4 nitrogen and oxygen atoms in total. The van der Waals surface area contributed by atoms with Gasteiger partial charge >= 0.3 is 5.97 Å². The largest absolute Gasteiger partial charge is 0.497 e. The Bertz CT molecular complexity index is 443. The van der Waals surface area contributed by atoms with Gasteiger partial charge in [0.2, 0.25) is 0 Å². The SMILES string of the molecule is CCOC(=O)c1ccc(OC)cc1C(=O)CCCl. The molecule has 0 radical (unpaired) electrons. The molecule has 0 aliphatic rings. The lowest BCUT2D eigenvalue weighted by Gasteiger charge is -2.09. The highest BCUT2D eigenvalue weighted by molar-refractivity contribution is 6.20. The predicted molar refractivity (Wildman–Crippen MR) is 68.6 cm³/mol. The van der Waals surface area contributed by atoms with Crippen molar-refractivity contribution in [3.05, 3.63) is 29.3 Å². The number of methoxy groups -OCH3 is 1. The smallest absolute Gasteiger partial charge is 0.338 e. The maximum absolute atomic E-state index is 11.9. The number of carbonyl (C=O) groups is 2. The molecule has 0 bridgehead atoms. The number of hydrogen-bond acceptors (Lipinski definition) is 4. The van der Waals surface area contributed by atoms with E-state index in [4.69, 9.17) is 21.1 Å². The Labute approximate surface area is 111 Å². The number of hydrogen-bond donors (Lipinski definition) is 0. The monoisotopic (exact) mass is 270 g/mol. The van der Waals surface area contributed by atoms with Crippen LogP contribution in [-0.4, -0.2) is 31.3 Å². The van der Waals surface area contributed by atoms with Gasteiger partial charge in [0.1, 0.15) is 5.75 Å². The second-order valence-corrected chi connectivity index (χ2v) is 3.87. The molecule has 98 valence electrons. The summed E-state index contributed by atoms with van der Waals surface area (Å²) in [6, 6.07) is 4.67. The summed E-state index contributed by atoms with van der Waals surface area (Å²) in [5.74, 6) is 0.00388. The van der Waals surface area contributed by atoms with E-state index in [0.29, 0.717) is 5.75 Å². The van der Waals surface area contributed by atoms with Crippen LogP contribution in [0, 0.1) is 0 Å². The van der Waals surface area contributed by atoms with E-state index in [1.807, 2.05) is 0 Å². The first kappa shape index (κ1) is 14.5. The molecular formula is C13H15ClO4. The molecule has 0 saturated heterocycles. The average molecular weight is 271 g/mol. The maximum Gasteiger partial charge on any atom is 0.338 e. The van der Waals surface area contributed by atoms with Crippen LogP contribution in [0.15, 0.2) is 18.2 Å². The number of halogens is 1. The van der Waals surface area contributed by atoms with Gasteiger partial charge in [-0.1, -0.05) is 0 Å². The van der Waals surface area contributed by atoms with Gasteiger partial charge in [0, 0.05) is 17.9 Å². The summed E-state index contributed by atoms with van der Waals surface area (Å²) < 4.78 is 9.95. The van der Waals surface area contributed by atoms with Gasteiger partial charge in [-0.25, -0.2) is 4.79 Å².